The van der Waals surface area contributed by atoms with Gasteiger partial charge in [0.25, 0.3) is 0 Å². The lowest BCUT2D eigenvalue weighted by atomic mass is 9.73. The first kappa shape index (κ1) is 22.2. The lowest BCUT2D eigenvalue weighted by Gasteiger charge is -2.49. The van der Waals surface area contributed by atoms with E-state index >= 15 is 0 Å². The number of rotatable bonds is 4. The summed E-state index contributed by atoms with van der Waals surface area (Å²) in [7, 11) is -1.93. The summed E-state index contributed by atoms with van der Waals surface area (Å²) in [5.74, 6) is 3.11. The summed E-state index contributed by atoms with van der Waals surface area (Å²) in [5, 5.41) is 3.72. The van der Waals surface area contributed by atoms with E-state index in [1.54, 1.807) is 0 Å². The average Bonchev–Trinajstić information content (AvgIpc) is 3.27. The van der Waals surface area contributed by atoms with Crippen LogP contribution in [0, 0.1) is 23.7 Å². The van der Waals surface area contributed by atoms with Gasteiger partial charge in [-0.1, -0.05) is 93.8 Å². The Hall–Kier alpha value is -2.26. The molecule has 0 bridgehead atoms. The lowest BCUT2D eigenvalue weighted by molar-refractivity contribution is 0.352. The molecule has 34 heavy (non-hydrogen) atoms. The van der Waals surface area contributed by atoms with Gasteiger partial charge in [0.2, 0.25) is 0 Å². The first-order valence-corrected chi connectivity index (χ1v) is 16.8. The Morgan fingerprint density at radius 2 is 1.56 bits per heavy atom. The van der Waals surface area contributed by atoms with Crippen molar-refractivity contribution in [2.45, 2.75) is 70.5 Å². The molecular weight excluding hydrogens is 428 g/mol. The first-order valence-electron chi connectivity index (χ1n) is 13.7. The van der Waals surface area contributed by atoms with E-state index in [0.717, 1.165) is 23.3 Å². The van der Waals surface area contributed by atoms with Crippen LogP contribution in [0.4, 0.5) is 22.7 Å². The predicted octanol–water partition coefficient (Wildman–Crippen LogP) is 9.20. The average molecular weight is 469 g/mol. The molecular formula is C31H40N2Si. The maximum Gasteiger partial charge on any atom is 0.160 e. The van der Waals surface area contributed by atoms with Crippen LogP contribution in [0.5, 0.6) is 0 Å². The Kier molecular flexibility index (Phi) is 5.72. The Morgan fingerprint density at radius 3 is 2.21 bits per heavy atom. The summed E-state index contributed by atoms with van der Waals surface area (Å²) in [6.07, 6.45) is 17.4. The molecule has 0 aromatic heterocycles. The van der Waals surface area contributed by atoms with Gasteiger partial charge >= 0.3 is 0 Å². The highest BCUT2D eigenvalue weighted by Crippen LogP contribution is 2.60. The van der Waals surface area contributed by atoms with Crippen molar-refractivity contribution in [3.63, 3.8) is 0 Å². The molecule has 0 amide bonds. The van der Waals surface area contributed by atoms with Gasteiger partial charge in [0.05, 0.1) is 22.7 Å². The van der Waals surface area contributed by atoms with E-state index in [0.29, 0.717) is 5.92 Å². The second-order valence-corrected chi connectivity index (χ2v) is 16.1. The van der Waals surface area contributed by atoms with E-state index in [4.69, 9.17) is 0 Å². The molecule has 178 valence electrons. The van der Waals surface area contributed by atoms with Crippen LogP contribution in [-0.4, -0.2) is 8.24 Å². The van der Waals surface area contributed by atoms with Crippen LogP contribution in [0.2, 0.25) is 18.6 Å². The van der Waals surface area contributed by atoms with Crippen LogP contribution in [0.25, 0.3) is 0 Å². The third-order valence-corrected chi connectivity index (χ3v) is 13.7. The topological polar surface area (TPSA) is 15.3 Å². The van der Waals surface area contributed by atoms with Gasteiger partial charge < -0.3 is 9.88 Å². The summed E-state index contributed by atoms with van der Waals surface area (Å²) in [6.45, 7) is 7.77. The molecule has 0 radical (unpaired) electrons. The zero-order chi connectivity index (χ0) is 23.3. The molecule has 2 fully saturated rings. The van der Waals surface area contributed by atoms with Crippen LogP contribution in [0.1, 0.15) is 51.9 Å². The van der Waals surface area contributed by atoms with Crippen molar-refractivity contribution in [2.24, 2.45) is 23.7 Å². The van der Waals surface area contributed by atoms with Gasteiger partial charge in [-0.2, -0.15) is 0 Å². The second-order valence-electron chi connectivity index (χ2n) is 11.6. The van der Waals surface area contributed by atoms with Gasteiger partial charge in [-0.15, -0.1) is 0 Å². The van der Waals surface area contributed by atoms with Crippen LogP contribution in [0.15, 0.2) is 72.3 Å². The minimum absolute atomic E-state index is 0.697. The molecule has 1 aliphatic heterocycles. The molecule has 2 nitrogen and oxygen atoms in total. The summed E-state index contributed by atoms with van der Waals surface area (Å²) in [5.41, 5.74) is 7.83. The van der Waals surface area contributed by atoms with Gasteiger partial charge in [0.15, 0.2) is 8.24 Å². The van der Waals surface area contributed by atoms with Gasteiger partial charge in [-0.25, -0.2) is 0 Å². The zero-order valence-corrected chi connectivity index (χ0v) is 22.1. The first-order chi connectivity index (χ1) is 16.6. The molecule has 1 unspecified atom stereocenters. The Morgan fingerprint density at radius 1 is 0.912 bits per heavy atom. The highest BCUT2D eigenvalue weighted by atomic mass is 28.3. The zero-order valence-electron chi connectivity index (χ0n) is 21.1. The van der Waals surface area contributed by atoms with Crippen LogP contribution in [-0.2, 0) is 0 Å². The Labute approximate surface area is 207 Å². The standard InChI is InChI=1S/C31H40N2Si/c1-4-22-21-26-24(23-13-6-5-7-14-23)15-12-16-25(26)31(22)34(2,3)33-29-19-10-8-17-27(29)32-28-18-9-11-20-30(28)33/h8-12,15-20,22-23,25-26,31-32H,4-7,13-14,21H2,1-3H3/t22-,25+,26-,31?/m1/s1. The normalized spacial score (nSPS) is 28.6. The Balaban J connectivity index is 1.41. The number of fused-ring (bicyclic) bond motifs is 3. The van der Waals surface area contributed by atoms with Crippen molar-refractivity contribution >= 4 is 31.0 Å². The highest BCUT2D eigenvalue weighted by Gasteiger charge is 2.54. The van der Waals surface area contributed by atoms with Crippen molar-refractivity contribution in [3.8, 4) is 0 Å². The molecule has 6 rings (SSSR count). The van der Waals surface area contributed by atoms with E-state index < -0.39 is 8.24 Å². The number of nitrogens with zero attached hydrogens (tertiary/aromatic N) is 1. The molecule has 2 aromatic carbocycles. The number of nitrogens with one attached hydrogen (secondary N) is 1. The van der Waals surface area contributed by atoms with Gasteiger partial charge in [0.1, 0.15) is 0 Å². The summed E-state index contributed by atoms with van der Waals surface area (Å²) >= 11 is 0. The number of para-hydroxylation sites is 4. The predicted molar refractivity (Wildman–Crippen MR) is 149 cm³/mol. The van der Waals surface area contributed by atoms with Crippen LogP contribution < -0.4 is 9.88 Å². The smallest absolute Gasteiger partial charge is 0.160 e. The number of hydrogen-bond acceptors (Lipinski definition) is 2. The van der Waals surface area contributed by atoms with E-state index in [1.165, 1.54) is 67.7 Å². The molecule has 0 spiro atoms. The molecule has 2 saturated carbocycles. The molecule has 2 aromatic rings. The van der Waals surface area contributed by atoms with E-state index in [-0.39, 0.29) is 0 Å². The maximum atomic E-state index is 3.72. The van der Waals surface area contributed by atoms with Gasteiger partial charge in [-0.05, 0) is 72.7 Å². The Bertz CT molecular complexity index is 1060. The van der Waals surface area contributed by atoms with Crippen LogP contribution in [0.3, 0.4) is 0 Å². The number of anilines is 4. The third kappa shape index (κ3) is 3.50. The van der Waals surface area contributed by atoms with Crippen molar-refractivity contribution in [1.82, 2.24) is 0 Å². The van der Waals surface area contributed by atoms with Crippen LogP contribution >= 0.6 is 0 Å². The molecule has 4 aliphatic rings. The van der Waals surface area contributed by atoms with Crippen molar-refractivity contribution in [1.29, 1.82) is 0 Å². The fourth-order valence-corrected chi connectivity index (χ4v) is 12.9. The lowest BCUT2D eigenvalue weighted by Crippen LogP contribution is -2.53. The number of benzene rings is 2. The maximum absolute atomic E-state index is 3.72. The fraction of sp³-hybridized carbons (Fsp3) is 0.484. The molecule has 4 atom stereocenters. The van der Waals surface area contributed by atoms with Gasteiger partial charge in [-0.3, -0.25) is 0 Å². The monoisotopic (exact) mass is 468 g/mol. The fourth-order valence-electron chi connectivity index (χ4n) is 8.16. The number of hydrogen-bond donors (Lipinski definition) is 1. The summed E-state index contributed by atoms with van der Waals surface area (Å²) in [4.78, 5) is 0. The molecule has 3 heteroatoms. The molecule has 0 saturated heterocycles. The second kappa shape index (κ2) is 8.75. The van der Waals surface area contributed by atoms with E-state index in [2.05, 4.69) is 96.7 Å². The summed E-state index contributed by atoms with van der Waals surface area (Å²) < 4.78 is 2.82. The summed E-state index contributed by atoms with van der Waals surface area (Å²) in [6, 6.07) is 17.9. The third-order valence-electron chi connectivity index (χ3n) is 9.55. The minimum atomic E-state index is -1.93. The molecule has 1 heterocycles. The quantitative estimate of drug-likeness (QED) is 0.450. The van der Waals surface area contributed by atoms with E-state index in [1.807, 2.05) is 5.57 Å². The number of allylic oxidation sites excluding steroid dienone is 4. The SMILES string of the molecule is CC[C@@H]1C[C@@H]2C(C3CCCCC3)=CC=C[C@@H]2C1[Si](C)(C)N1c2ccccc2Nc2ccccc21. The van der Waals surface area contributed by atoms with Crippen molar-refractivity contribution in [3.05, 3.63) is 72.3 Å². The highest BCUT2D eigenvalue weighted by molar-refractivity contribution is 6.84. The molecule has 3 aliphatic carbocycles. The largest absolute Gasteiger partial charge is 0.366 e. The van der Waals surface area contributed by atoms with Crippen molar-refractivity contribution in [2.75, 3.05) is 9.88 Å². The minimum Gasteiger partial charge on any atom is -0.366 e. The van der Waals surface area contributed by atoms with Gasteiger partial charge in [0, 0.05) is 0 Å². The molecule has 1 N–H and O–H groups in total. The van der Waals surface area contributed by atoms with Crippen molar-refractivity contribution < 1.29 is 0 Å². The van der Waals surface area contributed by atoms with E-state index in [9.17, 15) is 0 Å².